The number of carboxylic acids is 1. The molecule has 26 heavy (non-hydrogen) atoms. The van der Waals surface area contributed by atoms with Crippen LogP contribution in [0.2, 0.25) is 0 Å². The lowest BCUT2D eigenvalue weighted by Crippen LogP contribution is -2.42. The third-order valence-electron chi connectivity index (χ3n) is 4.29. The molecule has 5 nitrogen and oxygen atoms in total. The molecule has 0 aromatic rings. The molecule has 0 spiro atoms. The molecule has 0 heterocycles. The Balaban J connectivity index is 4.04. The number of aliphatic hydroxyl groups is 3. The maximum Gasteiger partial charge on any atom is 0.335 e. The Morgan fingerprint density at radius 2 is 1.35 bits per heavy atom. The standard InChI is InChI=1S/C21H36O5/c1-15(2)9-7-11-17(4)13-8-12-16(3)10-5-6-14-18(22)19(23)20(24)21(25)26/h9-10,13,18-20,22-24H,5-8,11-12,14H2,1-4H3,(H,25,26)/t18?,19-,20-/m0/s1. The van der Waals surface area contributed by atoms with E-state index in [9.17, 15) is 20.1 Å². The lowest BCUT2D eigenvalue weighted by molar-refractivity contribution is -0.158. The molecule has 0 aliphatic carbocycles. The molecule has 0 bridgehead atoms. The molecule has 3 atom stereocenters. The zero-order valence-corrected chi connectivity index (χ0v) is 16.6. The number of allylic oxidation sites excluding steroid dienone is 6. The van der Waals surface area contributed by atoms with Crippen molar-refractivity contribution >= 4 is 5.97 Å². The minimum atomic E-state index is -1.95. The molecule has 4 N–H and O–H groups in total. The van der Waals surface area contributed by atoms with Gasteiger partial charge in [-0.3, -0.25) is 0 Å². The van der Waals surface area contributed by atoms with Crippen LogP contribution in [-0.2, 0) is 4.79 Å². The van der Waals surface area contributed by atoms with E-state index in [0.717, 1.165) is 32.1 Å². The summed E-state index contributed by atoms with van der Waals surface area (Å²) in [6, 6.07) is 0. The van der Waals surface area contributed by atoms with Crippen molar-refractivity contribution in [2.75, 3.05) is 0 Å². The van der Waals surface area contributed by atoms with Crippen LogP contribution in [0.5, 0.6) is 0 Å². The molecule has 0 saturated carbocycles. The van der Waals surface area contributed by atoms with E-state index >= 15 is 0 Å². The van der Waals surface area contributed by atoms with Gasteiger partial charge in [0.05, 0.1) is 6.10 Å². The van der Waals surface area contributed by atoms with Crippen LogP contribution in [0.3, 0.4) is 0 Å². The van der Waals surface area contributed by atoms with E-state index in [-0.39, 0.29) is 6.42 Å². The predicted molar refractivity (Wildman–Crippen MR) is 105 cm³/mol. The molecular formula is C21H36O5. The number of unbranched alkanes of at least 4 members (excludes halogenated alkanes) is 1. The normalized spacial score (nSPS) is 16.1. The molecule has 150 valence electrons. The highest BCUT2D eigenvalue weighted by molar-refractivity contribution is 5.72. The summed E-state index contributed by atoms with van der Waals surface area (Å²) in [7, 11) is 0. The number of carboxylic acid groups (broad SMARTS) is 1. The SMILES string of the molecule is CC(C)=CCCC(C)=CCCC(C)=CCCCC(O)[C@H](O)[C@H](O)C(=O)O. The fourth-order valence-corrected chi connectivity index (χ4v) is 2.54. The van der Waals surface area contributed by atoms with E-state index in [0.29, 0.717) is 6.42 Å². The zero-order chi connectivity index (χ0) is 20.1. The minimum Gasteiger partial charge on any atom is -0.479 e. The number of hydrogen-bond acceptors (Lipinski definition) is 4. The topological polar surface area (TPSA) is 98.0 Å². The summed E-state index contributed by atoms with van der Waals surface area (Å²) in [5.41, 5.74) is 4.04. The molecule has 0 aliphatic heterocycles. The molecular weight excluding hydrogens is 332 g/mol. The van der Waals surface area contributed by atoms with E-state index in [1.54, 1.807) is 0 Å². The van der Waals surface area contributed by atoms with Gasteiger partial charge in [0.25, 0.3) is 0 Å². The monoisotopic (exact) mass is 368 g/mol. The average Bonchev–Trinajstić information content (AvgIpc) is 2.56. The van der Waals surface area contributed by atoms with Crippen molar-refractivity contribution in [3.05, 3.63) is 34.9 Å². The van der Waals surface area contributed by atoms with Gasteiger partial charge in [0, 0.05) is 0 Å². The van der Waals surface area contributed by atoms with Crippen LogP contribution >= 0.6 is 0 Å². The molecule has 5 heteroatoms. The molecule has 0 saturated heterocycles. The van der Waals surface area contributed by atoms with Gasteiger partial charge >= 0.3 is 5.97 Å². The fourth-order valence-electron chi connectivity index (χ4n) is 2.54. The van der Waals surface area contributed by atoms with Crippen LogP contribution in [0.4, 0.5) is 0 Å². The first-order chi connectivity index (χ1) is 12.1. The first kappa shape index (κ1) is 24.6. The largest absolute Gasteiger partial charge is 0.479 e. The van der Waals surface area contributed by atoms with Gasteiger partial charge in [0.15, 0.2) is 6.10 Å². The Morgan fingerprint density at radius 3 is 1.85 bits per heavy atom. The van der Waals surface area contributed by atoms with Gasteiger partial charge in [0.2, 0.25) is 0 Å². The van der Waals surface area contributed by atoms with Gasteiger partial charge < -0.3 is 20.4 Å². The Kier molecular flexibility index (Phi) is 13.0. The summed E-state index contributed by atoms with van der Waals surface area (Å²) in [4.78, 5) is 10.6. The highest BCUT2D eigenvalue weighted by Gasteiger charge is 2.29. The Hall–Kier alpha value is -1.43. The molecule has 0 amide bonds. The van der Waals surface area contributed by atoms with Crippen LogP contribution in [0.25, 0.3) is 0 Å². The number of carbonyl (C=O) groups is 1. The first-order valence-electron chi connectivity index (χ1n) is 9.36. The van der Waals surface area contributed by atoms with Crippen molar-refractivity contribution in [2.45, 2.75) is 91.0 Å². The third kappa shape index (κ3) is 12.0. The third-order valence-corrected chi connectivity index (χ3v) is 4.29. The predicted octanol–water partition coefficient (Wildman–Crippen LogP) is 3.74. The molecule has 0 fully saturated rings. The Labute approximate surface area is 157 Å². The summed E-state index contributed by atoms with van der Waals surface area (Å²) in [5, 5.41) is 37.0. The van der Waals surface area contributed by atoms with Crippen molar-refractivity contribution in [3.63, 3.8) is 0 Å². The average molecular weight is 369 g/mol. The summed E-state index contributed by atoms with van der Waals surface area (Å²) in [5.74, 6) is -1.53. The second-order valence-electron chi connectivity index (χ2n) is 7.23. The van der Waals surface area contributed by atoms with Gasteiger partial charge in [-0.15, -0.1) is 0 Å². The number of hydrogen-bond donors (Lipinski definition) is 4. The summed E-state index contributed by atoms with van der Waals surface area (Å²) in [6.07, 6.45) is 7.61. The lowest BCUT2D eigenvalue weighted by Gasteiger charge is -2.19. The van der Waals surface area contributed by atoms with E-state index in [2.05, 4.69) is 45.9 Å². The van der Waals surface area contributed by atoms with Crippen LogP contribution < -0.4 is 0 Å². The number of rotatable bonds is 13. The van der Waals surface area contributed by atoms with Crippen molar-refractivity contribution < 1.29 is 25.2 Å². The number of aliphatic carboxylic acids is 1. The highest BCUT2D eigenvalue weighted by atomic mass is 16.4. The lowest BCUT2D eigenvalue weighted by atomic mass is 10.0. The smallest absolute Gasteiger partial charge is 0.335 e. The first-order valence-corrected chi connectivity index (χ1v) is 9.36. The van der Waals surface area contributed by atoms with Crippen molar-refractivity contribution in [1.29, 1.82) is 0 Å². The van der Waals surface area contributed by atoms with E-state index in [1.165, 1.54) is 16.7 Å². The molecule has 0 aromatic heterocycles. The molecule has 0 aliphatic rings. The number of aliphatic hydroxyl groups excluding tert-OH is 3. The summed E-state index contributed by atoms with van der Waals surface area (Å²) in [6.45, 7) is 8.46. The maximum atomic E-state index is 10.6. The summed E-state index contributed by atoms with van der Waals surface area (Å²) < 4.78 is 0. The van der Waals surface area contributed by atoms with Crippen LogP contribution in [0.15, 0.2) is 34.9 Å². The van der Waals surface area contributed by atoms with Crippen LogP contribution in [-0.4, -0.2) is 44.7 Å². The van der Waals surface area contributed by atoms with Gasteiger partial charge in [-0.1, -0.05) is 34.9 Å². The maximum absolute atomic E-state index is 10.6. The molecule has 0 radical (unpaired) electrons. The minimum absolute atomic E-state index is 0.249. The van der Waals surface area contributed by atoms with Crippen molar-refractivity contribution in [3.8, 4) is 0 Å². The quantitative estimate of drug-likeness (QED) is 0.293. The van der Waals surface area contributed by atoms with Gasteiger partial charge in [0.1, 0.15) is 6.10 Å². The highest BCUT2D eigenvalue weighted by Crippen LogP contribution is 2.14. The molecule has 0 rings (SSSR count). The van der Waals surface area contributed by atoms with E-state index in [1.807, 2.05) is 0 Å². The zero-order valence-electron chi connectivity index (χ0n) is 16.6. The van der Waals surface area contributed by atoms with Gasteiger partial charge in [-0.25, -0.2) is 4.79 Å². The second kappa shape index (κ2) is 13.7. The van der Waals surface area contributed by atoms with Gasteiger partial charge in [-0.05, 0) is 72.6 Å². The van der Waals surface area contributed by atoms with E-state index < -0.39 is 24.3 Å². The molecule has 0 aromatic carbocycles. The Bertz CT molecular complexity index is 501. The Morgan fingerprint density at radius 1 is 0.846 bits per heavy atom. The van der Waals surface area contributed by atoms with Crippen LogP contribution in [0.1, 0.15) is 72.6 Å². The molecule has 1 unspecified atom stereocenters. The van der Waals surface area contributed by atoms with E-state index in [4.69, 9.17) is 5.11 Å². The van der Waals surface area contributed by atoms with Crippen LogP contribution in [0, 0.1) is 0 Å². The summed E-state index contributed by atoms with van der Waals surface area (Å²) >= 11 is 0. The van der Waals surface area contributed by atoms with Crippen molar-refractivity contribution in [2.24, 2.45) is 0 Å². The van der Waals surface area contributed by atoms with Crippen molar-refractivity contribution in [1.82, 2.24) is 0 Å². The fraction of sp³-hybridized carbons (Fsp3) is 0.667. The second-order valence-corrected chi connectivity index (χ2v) is 7.23. The van der Waals surface area contributed by atoms with Gasteiger partial charge in [-0.2, -0.15) is 0 Å².